The third kappa shape index (κ3) is 2.80. The Morgan fingerprint density at radius 1 is 0.500 bits per heavy atom. The van der Waals surface area contributed by atoms with E-state index in [4.69, 9.17) is 0 Å². The van der Waals surface area contributed by atoms with E-state index < -0.39 is 0 Å². The first-order valence-electron chi connectivity index (χ1n) is 5.65. The van der Waals surface area contributed by atoms with Crippen LogP contribution < -0.4 is 0 Å². The third-order valence-corrected chi connectivity index (χ3v) is 2.51. The molecule has 0 aromatic heterocycles. The van der Waals surface area contributed by atoms with Crippen molar-refractivity contribution in [2.24, 2.45) is 0 Å². The Morgan fingerprint density at radius 3 is 1.17 bits per heavy atom. The zero-order chi connectivity index (χ0) is 12.8. The second-order valence-electron chi connectivity index (χ2n) is 3.76. The van der Waals surface area contributed by atoms with Crippen molar-refractivity contribution in [1.82, 2.24) is 0 Å². The monoisotopic (exact) mass is 236 g/mol. The second-order valence-corrected chi connectivity index (χ2v) is 3.76. The van der Waals surface area contributed by atoms with Crippen molar-refractivity contribution in [3.05, 3.63) is 83.9 Å². The quantitative estimate of drug-likeness (QED) is 0.703. The summed E-state index contributed by atoms with van der Waals surface area (Å²) in [6, 6.07) is 18.8. The van der Waals surface area contributed by atoms with Gasteiger partial charge in [-0.1, -0.05) is 60.7 Å². The molecule has 0 bridgehead atoms. The largest absolute Gasteiger partial charge is 0.289 e. The summed E-state index contributed by atoms with van der Waals surface area (Å²) in [5.41, 5.74) is 1.01. The Kier molecular flexibility index (Phi) is 3.82. The maximum atomic E-state index is 11.2. The van der Waals surface area contributed by atoms with E-state index in [1.54, 1.807) is 24.3 Å². The van der Waals surface area contributed by atoms with Gasteiger partial charge in [0, 0.05) is 11.1 Å². The van der Waals surface area contributed by atoms with Crippen molar-refractivity contribution >= 4 is 11.6 Å². The van der Waals surface area contributed by atoms with Crippen LogP contribution in [0.4, 0.5) is 0 Å². The highest BCUT2D eigenvalue weighted by Crippen LogP contribution is 2.15. The van der Waals surface area contributed by atoms with Gasteiger partial charge >= 0.3 is 0 Å². The van der Waals surface area contributed by atoms with Gasteiger partial charge in [-0.05, 0) is 12.2 Å². The first-order chi connectivity index (χ1) is 8.79. The van der Waals surface area contributed by atoms with Gasteiger partial charge in [0.2, 0.25) is 0 Å². The summed E-state index contributed by atoms with van der Waals surface area (Å²) in [5.74, 6) is -0.185. The zero-order valence-corrected chi connectivity index (χ0v) is 9.74. The van der Waals surface area contributed by atoms with Gasteiger partial charge in [0.1, 0.15) is 0 Å². The number of carbonyl (C=O) groups is 2. The molecule has 2 nitrogen and oxygen atoms in total. The number of allylic oxidation sites excluding steroid dienone is 2. The smallest absolute Gasteiger partial charge is 0.186 e. The molecule has 0 atom stereocenters. The molecule has 0 saturated carbocycles. The molecule has 2 heteroatoms. The minimum atomic E-state index is -0.0924. The Bertz CT molecular complexity index is 519. The van der Waals surface area contributed by atoms with E-state index >= 15 is 0 Å². The summed E-state index contributed by atoms with van der Waals surface area (Å²) in [7, 11) is 0. The number of hydrogen-bond acceptors (Lipinski definition) is 2. The number of ketones is 2. The van der Waals surface area contributed by atoms with Crippen LogP contribution in [-0.2, 0) is 0 Å². The van der Waals surface area contributed by atoms with Crippen molar-refractivity contribution < 1.29 is 9.59 Å². The highest BCUT2D eigenvalue weighted by atomic mass is 16.1. The van der Waals surface area contributed by atoms with Crippen LogP contribution in [0.5, 0.6) is 0 Å². The van der Waals surface area contributed by atoms with E-state index in [1.165, 1.54) is 12.2 Å². The fourth-order valence-corrected chi connectivity index (χ4v) is 1.63. The molecule has 1 aliphatic rings. The molecule has 0 heterocycles. The molecule has 0 saturated heterocycles. The summed E-state index contributed by atoms with van der Waals surface area (Å²) >= 11 is 0. The van der Waals surface area contributed by atoms with E-state index in [2.05, 4.69) is 0 Å². The molecule has 0 N–H and O–H groups in total. The molecule has 0 aliphatic heterocycles. The number of carbonyl (C=O) groups excluding carboxylic acids is 2. The number of rotatable bonds is 0. The number of hydrogen-bond donors (Lipinski definition) is 0. The van der Waals surface area contributed by atoms with E-state index in [0.717, 1.165) is 0 Å². The molecular formula is C16H12O2. The second kappa shape index (κ2) is 5.73. The standard InChI is InChI=1S/C10H6O2.C6H6/c11-9-5-6-10(12)8-4-2-1-3-7(8)9;1-2-4-6-5-3-1/h1-6H;1-6H. The molecule has 0 unspecified atom stereocenters. The number of fused-ring (bicyclic) bond motifs is 1. The fourth-order valence-electron chi connectivity index (χ4n) is 1.63. The van der Waals surface area contributed by atoms with Gasteiger partial charge in [-0.15, -0.1) is 0 Å². The van der Waals surface area contributed by atoms with Crippen LogP contribution in [0.3, 0.4) is 0 Å². The molecule has 0 amide bonds. The molecule has 0 spiro atoms. The number of benzene rings is 2. The molecule has 0 radical (unpaired) electrons. The SMILES string of the molecule is O=C1C=CC(=O)c2ccccc21.c1ccccc1. The van der Waals surface area contributed by atoms with Crippen LogP contribution in [0.15, 0.2) is 72.8 Å². The van der Waals surface area contributed by atoms with Gasteiger partial charge in [0.05, 0.1) is 0 Å². The van der Waals surface area contributed by atoms with Crippen molar-refractivity contribution in [2.45, 2.75) is 0 Å². The molecule has 3 rings (SSSR count). The Labute approximate surface area is 106 Å². The summed E-state index contributed by atoms with van der Waals surface area (Å²) in [5, 5.41) is 0. The van der Waals surface area contributed by atoms with Crippen LogP contribution in [0.2, 0.25) is 0 Å². The van der Waals surface area contributed by atoms with Crippen molar-refractivity contribution in [3.8, 4) is 0 Å². The summed E-state index contributed by atoms with van der Waals surface area (Å²) in [4.78, 5) is 22.4. The molecule has 0 fully saturated rings. The van der Waals surface area contributed by atoms with Crippen LogP contribution >= 0.6 is 0 Å². The topological polar surface area (TPSA) is 34.1 Å². The lowest BCUT2D eigenvalue weighted by Gasteiger charge is -2.06. The average molecular weight is 236 g/mol. The molecule has 1 aliphatic carbocycles. The summed E-state index contributed by atoms with van der Waals surface area (Å²) in [6.45, 7) is 0. The molecule has 2 aromatic carbocycles. The zero-order valence-electron chi connectivity index (χ0n) is 9.74. The van der Waals surface area contributed by atoms with E-state index in [-0.39, 0.29) is 11.6 Å². The first kappa shape index (κ1) is 12.0. The van der Waals surface area contributed by atoms with E-state index in [0.29, 0.717) is 11.1 Å². The van der Waals surface area contributed by atoms with Crippen LogP contribution in [-0.4, -0.2) is 11.6 Å². The Hall–Kier alpha value is -2.48. The molecule has 18 heavy (non-hydrogen) atoms. The third-order valence-electron chi connectivity index (χ3n) is 2.51. The molecule has 88 valence electrons. The molecular weight excluding hydrogens is 224 g/mol. The highest BCUT2D eigenvalue weighted by Gasteiger charge is 2.16. The van der Waals surface area contributed by atoms with Crippen LogP contribution in [0.1, 0.15) is 20.7 Å². The lowest BCUT2D eigenvalue weighted by molar-refractivity contribution is 0.0994. The van der Waals surface area contributed by atoms with Gasteiger partial charge in [-0.3, -0.25) is 9.59 Å². The average Bonchev–Trinajstić information content (AvgIpc) is 2.46. The maximum absolute atomic E-state index is 11.2. The van der Waals surface area contributed by atoms with Crippen molar-refractivity contribution in [1.29, 1.82) is 0 Å². The Balaban J connectivity index is 0.000000169. The first-order valence-corrected chi connectivity index (χ1v) is 5.65. The van der Waals surface area contributed by atoms with Gasteiger partial charge in [-0.25, -0.2) is 0 Å². The highest BCUT2D eigenvalue weighted by molar-refractivity contribution is 6.21. The van der Waals surface area contributed by atoms with Gasteiger partial charge < -0.3 is 0 Å². The fraction of sp³-hybridized carbons (Fsp3) is 0. The van der Waals surface area contributed by atoms with Crippen molar-refractivity contribution in [2.75, 3.05) is 0 Å². The minimum absolute atomic E-state index is 0.0924. The van der Waals surface area contributed by atoms with E-state index in [1.807, 2.05) is 36.4 Å². The van der Waals surface area contributed by atoms with Crippen molar-refractivity contribution in [3.63, 3.8) is 0 Å². The predicted octanol–water partition coefficient (Wildman–Crippen LogP) is 3.31. The van der Waals surface area contributed by atoms with E-state index in [9.17, 15) is 9.59 Å². The lowest BCUT2D eigenvalue weighted by atomic mass is 9.95. The molecule has 2 aromatic rings. The van der Waals surface area contributed by atoms with Gasteiger partial charge in [0.25, 0.3) is 0 Å². The van der Waals surface area contributed by atoms with Gasteiger partial charge in [0.15, 0.2) is 11.6 Å². The van der Waals surface area contributed by atoms with Gasteiger partial charge in [-0.2, -0.15) is 0 Å². The predicted molar refractivity (Wildman–Crippen MR) is 70.7 cm³/mol. The van der Waals surface area contributed by atoms with Crippen LogP contribution in [0.25, 0.3) is 0 Å². The normalized spacial score (nSPS) is 12.4. The Morgan fingerprint density at radius 2 is 0.833 bits per heavy atom. The summed E-state index contributed by atoms with van der Waals surface area (Å²) in [6.07, 6.45) is 2.62. The lowest BCUT2D eigenvalue weighted by Crippen LogP contribution is -2.10. The minimum Gasteiger partial charge on any atom is -0.289 e. The van der Waals surface area contributed by atoms with Crippen LogP contribution in [0, 0.1) is 0 Å². The maximum Gasteiger partial charge on any atom is 0.186 e. The summed E-state index contributed by atoms with van der Waals surface area (Å²) < 4.78 is 0.